The van der Waals surface area contributed by atoms with Gasteiger partial charge in [-0.2, -0.15) is 0 Å². The number of carbonyl (C=O) groups excluding carboxylic acids is 1. The summed E-state index contributed by atoms with van der Waals surface area (Å²) in [5, 5.41) is 0. The van der Waals surface area contributed by atoms with E-state index in [1.807, 2.05) is 30.3 Å². The van der Waals surface area contributed by atoms with Crippen LogP contribution in [0.1, 0.15) is 17.9 Å². The number of hydrogen-bond donors (Lipinski definition) is 2. The van der Waals surface area contributed by atoms with Crippen LogP contribution in [0.5, 0.6) is 0 Å². The van der Waals surface area contributed by atoms with Crippen LogP contribution in [-0.4, -0.2) is 12.5 Å². The predicted octanol–water partition coefficient (Wildman–Crippen LogP) is 0.604. The van der Waals surface area contributed by atoms with Gasteiger partial charge in [-0.1, -0.05) is 30.3 Å². The molecule has 0 fully saturated rings. The van der Waals surface area contributed by atoms with Crippen molar-refractivity contribution in [3.8, 4) is 0 Å². The molecule has 0 aliphatic carbocycles. The molecule has 0 aliphatic heterocycles. The number of nitrogens with two attached hydrogens (primary N) is 2. The van der Waals surface area contributed by atoms with Crippen molar-refractivity contribution in [2.45, 2.75) is 12.3 Å². The average Bonchev–Trinajstić information content (AvgIpc) is 2.15. The summed E-state index contributed by atoms with van der Waals surface area (Å²) in [6, 6.07) is 9.48. The van der Waals surface area contributed by atoms with Gasteiger partial charge in [-0.3, -0.25) is 4.79 Å². The first-order valence-electron chi connectivity index (χ1n) is 4.30. The highest BCUT2D eigenvalue weighted by Crippen LogP contribution is 2.17. The summed E-state index contributed by atoms with van der Waals surface area (Å²) in [5.41, 5.74) is 11.6. The van der Waals surface area contributed by atoms with Gasteiger partial charge in [0, 0.05) is 0 Å². The second kappa shape index (κ2) is 4.62. The first-order valence-corrected chi connectivity index (χ1v) is 4.30. The van der Waals surface area contributed by atoms with E-state index in [1.165, 1.54) is 0 Å². The van der Waals surface area contributed by atoms with Gasteiger partial charge in [0.1, 0.15) is 0 Å². The van der Waals surface area contributed by atoms with Crippen molar-refractivity contribution in [1.29, 1.82) is 0 Å². The standard InChI is InChI=1S/C10H14N2O/c11-7-6-9(10(12)13)8-4-2-1-3-5-8/h1-5,9H,6-7,11H2,(H2,12,13)/t9-/m0/s1. The molecule has 3 nitrogen and oxygen atoms in total. The molecule has 1 rings (SSSR count). The Balaban J connectivity index is 2.82. The van der Waals surface area contributed by atoms with E-state index in [1.54, 1.807) is 0 Å². The van der Waals surface area contributed by atoms with E-state index >= 15 is 0 Å². The van der Waals surface area contributed by atoms with E-state index in [2.05, 4.69) is 0 Å². The zero-order chi connectivity index (χ0) is 9.68. The van der Waals surface area contributed by atoms with Crippen molar-refractivity contribution in [3.05, 3.63) is 35.9 Å². The van der Waals surface area contributed by atoms with Crippen LogP contribution in [-0.2, 0) is 4.79 Å². The van der Waals surface area contributed by atoms with Gasteiger partial charge in [0.25, 0.3) is 0 Å². The minimum absolute atomic E-state index is 0.244. The van der Waals surface area contributed by atoms with E-state index in [4.69, 9.17) is 11.5 Å². The minimum Gasteiger partial charge on any atom is -0.369 e. The van der Waals surface area contributed by atoms with E-state index in [0.717, 1.165) is 5.56 Å². The molecule has 0 spiro atoms. The Morgan fingerprint density at radius 3 is 2.38 bits per heavy atom. The third-order valence-corrected chi connectivity index (χ3v) is 2.00. The fourth-order valence-corrected chi connectivity index (χ4v) is 1.33. The quantitative estimate of drug-likeness (QED) is 0.709. The lowest BCUT2D eigenvalue weighted by atomic mass is 9.95. The summed E-state index contributed by atoms with van der Waals surface area (Å²) in [5.74, 6) is -0.553. The summed E-state index contributed by atoms with van der Waals surface area (Å²) >= 11 is 0. The second-order valence-corrected chi connectivity index (χ2v) is 2.94. The molecule has 0 unspecified atom stereocenters. The molecule has 0 bridgehead atoms. The van der Waals surface area contributed by atoms with Crippen LogP contribution in [0.3, 0.4) is 0 Å². The maximum absolute atomic E-state index is 11.1. The Morgan fingerprint density at radius 1 is 1.31 bits per heavy atom. The molecular weight excluding hydrogens is 164 g/mol. The Hall–Kier alpha value is -1.35. The molecule has 4 N–H and O–H groups in total. The highest BCUT2D eigenvalue weighted by atomic mass is 16.1. The molecule has 0 radical (unpaired) electrons. The minimum atomic E-state index is -0.309. The van der Waals surface area contributed by atoms with Crippen LogP contribution >= 0.6 is 0 Å². The lowest BCUT2D eigenvalue weighted by molar-refractivity contribution is -0.119. The van der Waals surface area contributed by atoms with Gasteiger partial charge >= 0.3 is 0 Å². The molecule has 3 heteroatoms. The Bertz CT molecular complexity index is 272. The van der Waals surface area contributed by atoms with Crippen LogP contribution < -0.4 is 11.5 Å². The van der Waals surface area contributed by atoms with Gasteiger partial charge < -0.3 is 11.5 Å². The van der Waals surface area contributed by atoms with Crippen LogP contribution in [0.2, 0.25) is 0 Å². The predicted molar refractivity (Wildman–Crippen MR) is 52.0 cm³/mol. The number of amides is 1. The molecule has 1 aromatic carbocycles. The van der Waals surface area contributed by atoms with Gasteiger partial charge in [-0.15, -0.1) is 0 Å². The maximum atomic E-state index is 11.1. The smallest absolute Gasteiger partial charge is 0.225 e. The normalized spacial score (nSPS) is 12.4. The zero-order valence-corrected chi connectivity index (χ0v) is 7.44. The van der Waals surface area contributed by atoms with E-state index < -0.39 is 0 Å². The fourth-order valence-electron chi connectivity index (χ4n) is 1.33. The Morgan fingerprint density at radius 2 is 1.92 bits per heavy atom. The summed E-state index contributed by atoms with van der Waals surface area (Å²) in [6.07, 6.45) is 0.610. The molecule has 70 valence electrons. The van der Waals surface area contributed by atoms with E-state index in [-0.39, 0.29) is 11.8 Å². The monoisotopic (exact) mass is 178 g/mol. The number of primary amides is 1. The number of rotatable bonds is 4. The van der Waals surface area contributed by atoms with E-state index in [9.17, 15) is 4.79 Å². The molecule has 1 amide bonds. The van der Waals surface area contributed by atoms with Crippen molar-refractivity contribution >= 4 is 5.91 Å². The number of benzene rings is 1. The molecule has 1 atom stereocenters. The Labute approximate surface area is 77.7 Å². The van der Waals surface area contributed by atoms with Gasteiger partial charge in [0.05, 0.1) is 5.92 Å². The molecule has 0 aromatic heterocycles. The van der Waals surface area contributed by atoms with Crippen molar-refractivity contribution in [1.82, 2.24) is 0 Å². The molecular formula is C10H14N2O. The molecule has 13 heavy (non-hydrogen) atoms. The fraction of sp³-hybridized carbons (Fsp3) is 0.300. The van der Waals surface area contributed by atoms with E-state index in [0.29, 0.717) is 13.0 Å². The third kappa shape index (κ3) is 2.56. The van der Waals surface area contributed by atoms with Gasteiger partial charge in [0.15, 0.2) is 0 Å². The van der Waals surface area contributed by atoms with Crippen LogP contribution in [0.15, 0.2) is 30.3 Å². The SMILES string of the molecule is NCC[C@H](C(N)=O)c1ccccc1. The highest BCUT2D eigenvalue weighted by molar-refractivity contribution is 5.81. The van der Waals surface area contributed by atoms with Gasteiger partial charge in [0.2, 0.25) is 5.91 Å². The topological polar surface area (TPSA) is 69.1 Å². The molecule has 0 heterocycles. The first-order chi connectivity index (χ1) is 6.25. The molecule has 0 aliphatic rings. The van der Waals surface area contributed by atoms with Crippen LogP contribution in [0.4, 0.5) is 0 Å². The van der Waals surface area contributed by atoms with Crippen LogP contribution in [0.25, 0.3) is 0 Å². The van der Waals surface area contributed by atoms with Crippen molar-refractivity contribution in [2.75, 3.05) is 6.54 Å². The zero-order valence-electron chi connectivity index (χ0n) is 7.44. The third-order valence-electron chi connectivity index (χ3n) is 2.00. The van der Waals surface area contributed by atoms with Crippen molar-refractivity contribution < 1.29 is 4.79 Å². The van der Waals surface area contributed by atoms with Crippen LogP contribution in [0, 0.1) is 0 Å². The Kier molecular flexibility index (Phi) is 3.46. The maximum Gasteiger partial charge on any atom is 0.225 e. The summed E-state index contributed by atoms with van der Waals surface area (Å²) in [6.45, 7) is 0.475. The highest BCUT2D eigenvalue weighted by Gasteiger charge is 2.15. The summed E-state index contributed by atoms with van der Waals surface area (Å²) in [7, 11) is 0. The second-order valence-electron chi connectivity index (χ2n) is 2.94. The lowest BCUT2D eigenvalue weighted by Crippen LogP contribution is -2.23. The molecule has 0 saturated carbocycles. The number of carbonyl (C=O) groups is 1. The number of hydrogen-bond acceptors (Lipinski definition) is 2. The summed E-state index contributed by atoms with van der Waals surface area (Å²) in [4.78, 5) is 11.1. The largest absolute Gasteiger partial charge is 0.369 e. The van der Waals surface area contributed by atoms with Gasteiger partial charge in [-0.25, -0.2) is 0 Å². The lowest BCUT2D eigenvalue weighted by Gasteiger charge is -2.11. The van der Waals surface area contributed by atoms with Crippen molar-refractivity contribution in [3.63, 3.8) is 0 Å². The molecule has 0 saturated heterocycles. The first kappa shape index (κ1) is 9.74. The summed E-state index contributed by atoms with van der Waals surface area (Å²) < 4.78 is 0. The average molecular weight is 178 g/mol. The van der Waals surface area contributed by atoms with Crippen molar-refractivity contribution in [2.24, 2.45) is 11.5 Å². The molecule has 1 aromatic rings. The van der Waals surface area contributed by atoms with Gasteiger partial charge in [-0.05, 0) is 18.5 Å².